The van der Waals surface area contributed by atoms with E-state index in [0.29, 0.717) is 18.8 Å². The van der Waals surface area contributed by atoms with Gasteiger partial charge in [0, 0.05) is 18.8 Å². The topological polar surface area (TPSA) is 55.3 Å². The van der Waals surface area contributed by atoms with E-state index in [-0.39, 0.29) is 12.0 Å². The summed E-state index contributed by atoms with van der Waals surface area (Å²) in [4.78, 5) is 22.4. The molecule has 0 N–H and O–H groups in total. The van der Waals surface area contributed by atoms with Gasteiger partial charge in [0.2, 0.25) is 11.8 Å². The summed E-state index contributed by atoms with van der Waals surface area (Å²) in [5.41, 5.74) is 2.24. The Labute approximate surface area is 136 Å². The van der Waals surface area contributed by atoms with Crippen molar-refractivity contribution in [2.45, 2.75) is 32.3 Å². The van der Waals surface area contributed by atoms with Gasteiger partial charge in [-0.05, 0) is 25.3 Å². The molecule has 2 aromatic rings. The number of hydrogen-bond acceptors (Lipinski definition) is 4. The number of likely N-dealkylation sites (tertiary alicyclic amines) is 1. The molecule has 0 spiro atoms. The lowest BCUT2D eigenvalue weighted by atomic mass is 10.1. The van der Waals surface area contributed by atoms with Crippen LogP contribution in [0, 0.1) is 6.92 Å². The van der Waals surface area contributed by atoms with Crippen LogP contribution in [0.25, 0.3) is 0 Å². The number of amides is 1. The molecule has 2 heterocycles. The molecule has 1 aromatic carbocycles. The average Bonchev–Trinajstić information content (AvgIpc) is 2.56. The van der Waals surface area contributed by atoms with E-state index in [1.807, 2.05) is 30.0 Å². The highest BCUT2D eigenvalue weighted by molar-refractivity contribution is 5.79. The molecule has 0 radical (unpaired) electrons. The summed E-state index contributed by atoms with van der Waals surface area (Å²) in [6, 6.07) is 9.85. The SMILES string of the molecule is Cc1cccc(CC(=O)N2CCCC(Oc3ccncn3)C2)c1. The van der Waals surface area contributed by atoms with E-state index in [1.54, 1.807) is 12.3 Å². The summed E-state index contributed by atoms with van der Waals surface area (Å²) in [6.07, 6.45) is 5.47. The maximum Gasteiger partial charge on any atom is 0.227 e. The summed E-state index contributed by atoms with van der Waals surface area (Å²) in [7, 11) is 0. The van der Waals surface area contributed by atoms with Crippen molar-refractivity contribution in [1.29, 1.82) is 0 Å². The fourth-order valence-corrected chi connectivity index (χ4v) is 2.89. The minimum absolute atomic E-state index is 0.000101. The van der Waals surface area contributed by atoms with Gasteiger partial charge in [-0.2, -0.15) is 0 Å². The molecule has 1 atom stereocenters. The van der Waals surface area contributed by atoms with Crippen molar-refractivity contribution in [3.63, 3.8) is 0 Å². The predicted molar refractivity (Wildman–Crippen MR) is 87.1 cm³/mol. The summed E-state index contributed by atoms with van der Waals surface area (Å²) >= 11 is 0. The zero-order valence-electron chi connectivity index (χ0n) is 13.3. The Morgan fingerprint density at radius 2 is 2.30 bits per heavy atom. The smallest absolute Gasteiger partial charge is 0.227 e. The average molecular weight is 311 g/mol. The Balaban J connectivity index is 1.58. The third-order valence-electron chi connectivity index (χ3n) is 4.01. The fraction of sp³-hybridized carbons (Fsp3) is 0.389. The molecule has 23 heavy (non-hydrogen) atoms. The van der Waals surface area contributed by atoms with E-state index in [0.717, 1.165) is 24.9 Å². The van der Waals surface area contributed by atoms with Crippen LogP contribution in [-0.4, -0.2) is 40.0 Å². The highest BCUT2D eigenvalue weighted by atomic mass is 16.5. The largest absolute Gasteiger partial charge is 0.472 e. The second kappa shape index (κ2) is 7.22. The Morgan fingerprint density at radius 1 is 1.39 bits per heavy atom. The Kier molecular flexibility index (Phi) is 4.86. The summed E-state index contributed by atoms with van der Waals surface area (Å²) in [5.74, 6) is 0.726. The first kappa shape index (κ1) is 15.5. The van der Waals surface area contributed by atoms with E-state index < -0.39 is 0 Å². The van der Waals surface area contributed by atoms with Crippen LogP contribution >= 0.6 is 0 Å². The third kappa shape index (κ3) is 4.28. The summed E-state index contributed by atoms with van der Waals surface area (Å²) in [6.45, 7) is 3.46. The first-order chi connectivity index (χ1) is 11.2. The quantitative estimate of drug-likeness (QED) is 0.870. The highest BCUT2D eigenvalue weighted by Gasteiger charge is 2.25. The second-order valence-corrected chi connectivity index (χ2v) is 5.94. The molecule has 1 aromatic heterocycles. The number of aromatic nitrogens is 2. The van der Waals surface area contributed by atoms with E-state index in [1.165, 1.54) is 11.9 Å². The molecule has 1 amide bonds. The van der Waals surface area contributed by atoms with E-state index >= 15 is 0 Å². The summed E-state index contributed by atoms with van der Waals surface area (Å²) < 4.78 is 5.86. The molecule has 1 aliphatic heterocycles. The van der Waals surface area contributed by atoms with Crippen LogP contribution in [0.5, 0.6) is 5.88 Å². The minimum atomic E-state index is 0.000101. The van der Waals surface area contributed by atoms with Crippen molar-refractivity contribution in [1.82, 2.24) is 14.9 Å². The number of piperidine rings is 1. The molecule has 5 heteroatoms. The summed E-state index contributed by atoms with van der Waals surface area (Å²) in [5, 5.41) is 0. The molecule has 1 unspecified atom stereocenters. The first-order valence-electron chi connectivity index (χ1n) is 7.97. The highest BCUT2D eigenvalue weighted by Crippen LogP contribution is 2.17. The number of hydrogen-bond donors (Lipinski definition) is 0. The fourth-order valence-electron chi connectivity index (χ4n) is 2.89. The van der Waals surface area contributed by atoms with Gasteiger partial charge in [0.25, 0.3) is 0 Å². The molecular weight excluding hydrogens is 290 g/mol. The zero-order chi connectivity index (χ0) is 16.1. The number of benzene rings is 1. The molecule has 0 bridgehead atoms. The van der Waals surface area contributed by atoms with Gasteiger partial charge in [-0.15, -0.1) is 0 Å². The number of nitrogens with zero attached hydrogens (tertiary/aromatic N) is 3. The Bertz CT molecular complexity index is 660. The molecule has 3 rings (SSSR count). The molecule has 120 valence electrons. The van der Waals surface area contributed by atoms with Crippen molar-refractivity contribution in [3.05, 3.63) is 54.0 Å². The van der Waals surface area contributed by atoms with E-state index in [4.69, 9.17) is 4.74 Å². The molecular formula is C18H21N3O2. The predicted octanol–water partition coefficient (Wildman–Crippen LogP) is 2.40. The lowest BCUT2D eigenvalue weighted by molar-refractivity contribution is -0.133. The Morgan fingerprint density at radius 3 is 3.09 bits per heavy atom. The van der Waals surface area contributed by atoms with Crippen LogP contribution in [0.1, 0.15) is 24.0 Å². The van der Waals surface area contributed by atoms with Crippen LogP contribution in [-0.2, 0) is 11.2 Å². The number of carbonyl (C=O) groups excluding carboxylic acids is 1. The molecule has 0 aliphatic carbocycles. The lowest BCUT2D eigenvalue weighted by Crippen LogP contribution is -2.45. The van der Waals surface area contributed by atoms with Crippen LogP contribution in [0.4, 0.5) is 0 Å². The second-order valence-electron chi connectivity index (χ2n) is 5.94. The van der Waals surface area contributed by atoms with Gasteiger partial charge in [0.15, 0.2) is 0 Å². The Hall–Kier alpha value is -2.43. The molecule has 5 nitrogen and oxygen atoms in total. The van der Waals surface area contributed by atoms with Gasteiger partial charge in [-0.25, -0.2) is 9.97 Å². The normalized spacial score (nSPS) is 17.8. The minimum Gasteiger partial charge on any atom is -0.472 e. The number of ether oxygens (including phenoxy) is 1. The van der Waals surface area contributed by atoms with Gasteiger partial charge in [0.1, 0.15) is 12.4 Å². The maximum absolute atomic E-state index is 12.5. The van der Waals surface area contributed by atoms with Crippen LogP contribution in [0.15, 0.2) is 42.9 Å². The van der Waals surface area contributed by atoms with Crippen molar-refractivity contribution in [3.8, 4) is 5.88 Å². The molecule has 1 aliphatic rings. The van der Waals surface area contributed by atoms with Gasteiger partial charge in [-0.1, -0.05) is 29.8 Å². The third-order valence-corrected chi connectivity index (χ3v) is 4.01. The standard InChI is InChI=1S/C18H21N3O2/c1-14-4-2-5-15(10-14)11-18(22)21-9-3-6-16(12-21)23-17-7-8-19-13-20-17/h2,4-5,7-8,10,13,16H,3,6,9,11-12H2,1H3. The molecule has 0 saturated carbocycles. The van der Waals surface area contributed by atoms with Gasteiger partial charge in [-0.3, -0.25) is 4.79 Å². The van der Waals surface area contributed by atoms with E-state index in [9.17, 15) is 4.79 Å². The van der Waals surface area contributed by atoms with Gasteiger partial charge >= 0.3 is 0 Å². The van der Waals surface area contributed by atoms with Crippen LogP contribution in [0.2, 0.25) is 0 Å². The number of carbonyl (C=O) groups is 1. The maximum atomic E-state index is 12.5. The van der Waals surface area contributed by atoms with Crippen LogP contribution in [0.3, 0.4) is 0 Å². The van der Waals surface area contributed by atoms with Crippen LogP contribution < -0.4 is 4.74 Å². The molecule has 1 fully saturated rings. The van der Waals surface area contributed by atoms with Crippen molar-refractivity contribution >= 4 is 5.91 Å². The monoisotopic (exact) mass is 311 g/mol. The van der Waals surface area contributed by atoms with Gasteiger partial charge < -0.3 is 9.64 Å². The van der Waals surface area contributed by atoms with Gasteiger partial charge in [0.05, 0.1) is 13.0 Å². The number of rotatable bonds is 4. The number of aryl methyl sites for hydroxylation is 1. The first-order valence-corrected chi connectivity index (χ1v) is 7.97. The van der Waals surface area contributed by atoms with Crippen molar-refractivity contribution in [2.75, 3.05) is 13.1 Å². The van der Waals surface area contributed by atoms with E-state index in [2.05, 4.69) is 16.0 Å². The molecule has 1 saturated heterocycles. The van der Waals surface area contributed by atoms with Crippen molar-refractivity contribution in [2.24, 2.45) is 0 Å². The zero-order valence-corrected chi connectivity index (χ0v) is 13.3. The lowest BCUT2D eigenvalue weighted by Gasteiger charge is -2.32. The van der Waals surface area contributed by atoms with Crippen molar-refractivity contribution < 1.29 is 9.53 Å².